The average molecular weight is 206 g/mol. The highest BCUT2D eigenvalue weighted by Crippen LogP contribution is 2.60. The normalized spacial score (nSPS) is 48.8. The van der Waals surface area contributed by atoms with Gasteiger partial charge < -0.3 is 5.11 Å². The number of rotatable bonds is 0. The molecule has 3 rings (SSSR count). The van der Waals surface area contributed by atoms with Crippen LogP contribution in [0.15, 0.2) is 11.6 Å². The Labute approximate surface area is 90.4 Å². The van der Waals surface area contributed by atoms with E-state index in [2.05, 4.69) is 6.92 Å². The molecule has 1 spiro atoms. The molecule has 3 aliphatic carbocycles. The van der Waals surface area contributed by atoms with Gasteiger partial charge in [-0.25, -0.2) is 0 Å². The molecule has 0 aromatic rings. The Hall–Kier alpha value is -0.630. The van der Waals surface area contributed by atoms with E-state index in [9.17, 15) is 9.90 Å². The predicted molar refractivity (Wildman–Crippen MR) is 57.3 cm³/mol. The van der Waals surface area contributed by atoms with Crippen molar-refractivity contribution < 1.29 is 9.90 Å². The third-order valence-electron chi connectivity index (χ3n) is 5.02. The molecule has 2 heteroatoms. The predicted octanol–water partition coefficient (Wildman–Crippen LogP) is 2.22. The first-order chi connectivity index (χ1) is 7.07. The van der Waals surface area contributed by atoms with Gasteiger partial charge in [-0.1, -0.05) is 12.5 Å². The first-order valence-corrected chi connectivity index (χ1v) is 6.05. The Morgan fingerprint density at radius 2 is 2.27 bits per heavy atom. The fourth-order valence-corrected chi connectivity index (χ4v) is 3.98. The van der Waals surface area contributed by atoms with Gasteiger partial charge in [-0.2, -0.15) is 0 Å². The molecule has 3 aliphatic rings. The fraction of sp³-hybridized carbons (Fsp3) is 0.769. The maximum atomic E-state index is 11.8. The molecule has 15 heavy (non-hydrogen) atoms. The topological polar surface area (TPSA) is 37.3 Å². The van der Waals surface area contributed by atoms with E-state index in [0.29, 0.717) is 18.8 Å². The first-order valence-electron chi connectivity index (χ1n) is 6.05. The van der Waals surface area contributed by atoms with Crippen LogP contribution in [0.1, 0.15) is 45.4 Å². The molecule has 0 aliphatic heterocycles. The lowest BCUT2D eigenvalue weighted by molar-refractivity contribution is -0.133. The van der Waals surface area contributed by atoms with E-state index in [1.807, 2.05) is 0 Å². The lowest BCUT2D eigenvalue weighted by Gasteiger charge is -2.45. The SMILES string of the molecule is CC1CCCC2=CC(=O)[C@@]3(O)CC[C@]21C3. The molecular formula is C13H18O2. The Balaban J connectivity index is 2.11. The highest BCUT2D eigenvalue weighted by Gasteiger charge is 2.58. The second-order valence-corrected chi connectivity index (χ2v) is 5.69. The zero-order valence-electron chi connectivity index (χ0n) is 9.25. The van der Waals surface area contributed by atoms with Gasteiger partial charge in [0.15, 0.2) is 5.78 Å². The summed E-state index contributed by atoms with van der Waals surface area (Å²) in [6.07, 6.45) is 7.70. The smallest absolute Gasteiger partial charge is 0.187 e. The van der Waals surface area contributed by atoms with E-state index in [4.69, 9.17) is 0 Å². The maximum Gasteiger partial charge on any atom is 0.187 e. The second kappa shape index (κ2) is 2.73. The molecule has 2 nitrogen and oxygen atoms in total. The zero-order chi connectivity index (χ0) is 10.7. The fourth-order valence-electron chi connectivity index (χ4n) is 3.98. The number of carbonyl (C=O) groups excluding carboxylic acids is 1. The minimum atomic E-state index is -1.00. The van der Waals surface area contributed by atoms with Gasteiger partial charge in [0, 0.05) is 0 Å². The third kappa shape index (κ3) is 1.06. The summed E-state index contributed by atoms with van der Waals surface area (Å²) in [5.41, 5.74) is 0.518. The van der Waals surface area contributed by atoms with E-state index < -0.39 is 5.60 Å². The molecule has 2 bridgehead atoms. The van der Waals surface area contributed by atoms with Gasteiger partial charge in [0.05, 0.1) is 0 Å². The number of hydrogen-bond acceptors (Lipinski definition) is 2. The molecule has 0 radical (unpaired) electrons. The van der Waals surface area contributed by atoms with Crippen molar-refractivity contribution in [3.8, 4) is 0 Å². The van der Waals surface area contributed by atoms with Gasteiger partial charge in [0.25, 0.3) is 0 Å². The molecule has 2 saturated carbocycles. The molecule has 3 atom stereocenters. The van der Waals surface area contributed by atoms with Crippen molar-refractivity contribution in [2.24, 2.45) is 11.3 Å². The van der Waals surface area contributed by atoms with E-state index in [-0.39, 0.29) is 11.2 Å². The van der Waals surface area contributed by atoms with Crippen LogP contribution in [0.4, 0.5) is 0 Å². The number of allylic oxidation sites excluding steroid dienone is 1. The lowest BCUT2D eigenvalue weighted by Crippen LogP contribution is -2.43. The number of aliphatic hydroxyl groups is 1. The standard InChI is InChI=1S/C13H18O2/c1-9-3-2-4-10-7-11(14)13(15)6-5-12(9,10)8-13/h7,9,15H,2-6,8H2,1H3/t9?,12-,13-/m1/s1. The number of hydrogen-bond donors (Lipinski definition) is 1. The number of ketones is 1. The van der Waals surface area contributed by atoms with E-state index in [0.717, 1.165) is 12.8 Å². The van der Waals surface area contributed by atoms with Crippen molar-refractivity contribution >= 4 is 5.78 Å². The Morgan fingerprint density at radius 1 is 1.47 bits per heavy atom. The second-order valence-electron chi connectivity index (χ2n) is 5.69. The molecule has 1 unspecified atom stereocenters. The lowest BCUT2D eigenvalue weighted by atomic mass is 9.60. The van der Waals surface area contributed by atoms with Crippen LogP contribution in [-0.2, 0) is 4.79 Å². The quantitative estimate of drug-likeness (QED) is 0.660. The van der Waals surface area contributed by atoms with Crippen LogP contribution in [0.25, 0.3) is 0 Å². The molecule has 2 fully saturated rings. The zero-order valence-corrected chi connectivity index (χ0v) is 9.25. The van der Waals surface area contributed by atoms with Crippen molar-refractivity contribution in [1.82, 2.24) is 0 Å². The van der Waals surface area contributed by atoms with Crippen molar-refractivity contribution in [2.75, 3.05) is 0 Å². The van der Waals surface area contributed by atoms with Crippen LogP contribution in [0.2, 0.25) is 0 Å². The summed E-state index contributed by atoms with van der Waals surface area (Å²) in [5.74, 6) is 0.611. The van der Waals surface area contributed by atoms with E-state index in [1.165, 1.54) is 18.4 Å². The molecule has 82 valence electrons. The largest absolute Gasteiger partial charge is 0.382 e. The Bertz CT molecular complexity index is 358. The summed E-state index contributed by atoms with van der Waals surface area (Å²) in [7, 11) is 0. The van der Waals surface area contributed by atoms with Crippen molar-refractivity contribution in [3.05, 3.63) is 11.6 Å². The van der Waals surface area contributed by atoms with Crippen LogP contribution >= 0.6 is 0 Å². The van der Waals surface area contributed by atoms with Crippen LogP contribution in [0.3, 0.4) is 0 Å². The van der Waals surface area contributed by atoms with Gasteiger partial charge >= 0.3 is 0 Å². The molecule has 0 heterocycles. The number of fused-ring (bicyclic) bond motifs is 1. The Kier molecular flexibility index (Phi) is 1.75. The summed E-state index contributed by atoms with van der Waals surface area (Å²) in [6, 6.07) is 0. The van der Waals surface area contributed by atoms with Gasteiger partial charge in [-0.3, -0.25) is 4.79 Å². The molecule has 0 aromatic carbocycles. The molecular weight excluding hydrogens is 188 g/mol. The minimum absolute atomic E-state index is 0.0280. The first kappa shape index (κ1) is 9.59. The van der Waals surface area contributed by atoms with Gasteiger partial charge in [-0.05, 0) is 55.9 Å². The average Bonchev–Trinajstić information content (AvgIpc) is 2.50. The van der Waals surface area contributed by atoms with Crippen LogP contribution in [0, 0.1) is 11.3 Å². The van der Waals surface area contributed by atoms with Crippen molar-refractivity contribution in [1.29, 1.82) is 0 Å². The summed E-state index contributed by atoms with van der Waals surface area (Å²) in [6.45, 7) is 2.29. The summed E-state index contributed by atoms with van der Waals surface area (Å²) < 4.78 is 0. The van der Waals surface area contributed by atoms with Crippen molar-refractivity contribution in [2.45, 2.75) is 51.0 Å². The summed E-state index contributed by atoms with van der Waals surface area (Å²) in [4.78, 5) is 11.8. The minimum Gasteiger partial charge on any atom is -0.382 e. The van der Waals surface area contributed by atoms with Gasteiger partial charge in [0.2, 0.25) is 0 Å². The molecule has 1 N–H and O–H groups in total. The summed E-state index contributed by atoms with van der Waals surface area (Å²) in [5, 5.41) is 10.2. The van der Waals surface area contributed by atoms with Crippen LogP contribution < -0.4 is 0 Å². The van der Waals surface area contributed by atoms with E-state index in [1.54, 1.807) is 6.08 Å². The highest BCUT2D eigenvalue weighted by molar-refractivity contribution is 5.99. The van der Waals surface area contributed by atoms with Crippen molar-refractivity contribution in [3.63, 3.8) is 0 Å². The monoisotopic (exact) mass is 206 g/mol. The van der Waals surface area contributed by atoms with Gasteiger partial charge in [-0.15, -0.1) is 0 Å². The van der Waals surface area contributed by atoms with Gasteiger partial charge in [0.1, 0.15) is 5.60 Å². The molecule has 0 aromatic heterocycles. The molecule has 0 amide bonds. The van der Waals surface area contributed by atoms with Crippen LogP contribution in [-0.4, -0.2) is 16.5 Å². The number of carbonyl (C=O) groups is 1. The summed E-state index contributed by atoms with van der Waals surface area (Å²) >= 11 is 0. The highest BCUT2D eigenvalue weighted by atomic mass is 16.3. The molecule has 0 saturated heterocycles. The van der Waals surface area contributed by atoms with E-state index >= 15 is 0 Å². The maximum absolute atomic E-state index is 11.8. The third-order valence-corrected chi connectivity index (χ3v) is 5.02. The Morgan fingerprint density at radius 3 is 3.07 bits per heavy atom. The van der Waals surface area contributed by atoms with Crippen LogP contribution in [0.5, 0.6) is 0 Å².